The van der Waals surface area contributed by atoms with Crippen molar-refractivity contribution < 1.29 is 4.74 Å². The van der Waals surface area contributed by atoms with Crippen LogP contribution < -0.4 is 10.3 Å². The van der Waals surface area contributed by atoms with Crippen LogP contribution in [0.25, 0.3) is 22.3 Å². The van der Waals surface area contributed by atoms with E-state index in [2.05, 4.69) is 48.4 Å². The second-order valence-electron chi connectivity index (χ2n) is 7.31. The van der Waals surface area contributed by atoms with Crippen LogP contribution in [0, 0.1) is 0 Å². The number of aryl methyl sites for hydroxylation is 1. The van der Waals surface area contributed by atoms with Crippen molar-refractivity contribution in [2.45, 2.75) is 19.9 Å². The predicted molar refractivity (Wildman–Crippen MR) is 120 cm³/mol. The molecule has 5 nitrogen and oxygen atoms in total. The lowest BCUT2D eigenvalue weighted by atomic mass is 10.0. The number of rotatable bonds is 6. The van der Waals surface area contributed by atoms with Crippen LogP contribution in [0.1, 0.15) is 25.5 Å². The Morgan fingerprint density at radius 2 is 1.67 bits per heavy atom. The Hall–Kier alpha value is -3.60. The summed E-state index contributed by atoms with van der Waals surface area (Å²) >= 11 is 0. The van der Waals surface area contributed by atoms with Crippen LogP contribution in [-0.4, -0.2) is 21.0 Å². The first-order valence-corrected chi connectivity index (χ1v) is 10.1. The Morgan fingerprint density at radius 3 is 2.37 bits per heavy atom. The zero-order chi connectivity index (χ0) is 21.1. The normalized spacial score (nSPS) is 12.0. The largest absolute Gasteiger partial charge is 0.493 e. The molecule has 4 rings (SSSR count). The molecule has 2 heterocycles. The highest BCUT2D eigenvalue weighted by Crippen LogP contribution is 2.30. The van der Waals surface area contributed by atoms with Crippen LogP contribution in [0.5, 0.6) is 5.75 Å². The fourth-order valence-corrected chi connectivity index (χ4v) is 3.53. The molecule has 0 bridgehead atoms. The summed E-state index contributed by atoms with van der Waals surface area (Å²) in [5.41, 5.74) is 5.26. The summed E-state index contributed by atoms with van der Waals surface area (Å²) in [6, 6.07) is 20.5. The maximum atomic E-state index is 12.0. The van der Waals surface area contributed by atoms with Gasteiger partial charge in [-0.1, -0.05) is 54.6 Å². The van der Waals surface area contributed by atoms with Crippen molar-refractivity contribution in [3.05, 3.63) is 95.2 Å². The topological polar surface area (TPSA) is 49.1 Å². The standard InChI is InChI=1S/C25H25N3O2/c1-4-30-24-14-25(29)27(3)17-23(24)22-15-26-28(16-22)18(2)19-10-12-21(13-11-19)20-8-6-5-7-9-20/h5-18H,4H2,1-3H3. The Labute approximate surface area is 176 Å². The highest BCUT2D eigenvalue weighted by atomic mass is 16.5. The van der Waals surface area contributed by atoms with E-state index in [0.717, 1.165) is 11.1 Å². The lowest BCUT2D eigenvalue weighted by molar-refractivity contribution is 0.340. The zero-order valence-electron chi connectivity index (χ0n) is 17.4. The number of nitrogens with zero attached hydrogens (tertiary/aromatic N) is 3. The molecular formula is C25H25N3O2. The molecule has 4 aromatic rings. The van der Waals surface area contributed by atoms with Crippen molar-refractivity contribution in [3.63, 3.8) is 0 Å². The first kappa shape index (κ1) is 19.7. The molecule has 0 amide bonds. The minimum atomic E-state index is -0.0959. The highest BCUT2D eigenvalue weighted by molar-refractivity contribution is 5.68. The van der Waals surface area contributed by atoms with Gasteiger partial charge in [0, 0.05) is 36.6 Å². The van der Waals surface area contributed by atoms with Gasteiger partial charge in [0.15, 0.2) is 0 Å². The van der Waals surface area contributed by atoms with Crippen molar-refractivity contribution in [3.8, 4) is 28.0 Å². The summed E-state index contributed by atoms with van der Waals surface area (Å²) in [5, 5.41) is 4.58. The van der Waals surface area contributed by atoms with Crippen molar-refractivity contribution >= 4 is 0 Å². The van der Waals surface area contributed by atoms with Gasteiger partial charge in [0.1, 0.15) is 5.75 Å². The summed E-state index contributed by atoms with van der Waals surface area (Å²) in [5.74, 6) is 0.583. The van der Waals surface area contributed by atoms with Crippen LogP contribution in [0.2, 0.25) is 0 Å². The average molecular weight is 399 g/mol. The maximum Gasteiger partial charge on any atom is 0.254 e. The molecule has 0 spiro atoms. The molecule has 152 valence electrons. The molecule has 5 heteroatoms. The van der Waals surface area contributed by atoms with Crippen molar-refractivity contribution in [1.82, 2.24) is 14.3 Å². The number of hydrogen-bond acceptors (Lipinski definition) is 3. The molecule has 0 aliphatic rings. The van der Waals surface area contributed by atoms with Crippen LogP contribution in [0.15, 0.2) is 84.0 Å². The molecular weight excluding hydrogens is 374 g/mol. The number of hydrogen-bond donors (Lipinski definition) is 0. The molecule has 1 unspecified atom stereocenters. The number of aromatic nitrogens is 3. The first-order chi connectivity index (χ1) is 14.6. The van der Waals surface area contributed by atoms with Crippen LogP contribution in [-0.2, 0) is 7.05 Å². The third-order valence-corrected chi connectivity index (χ3v) is 5.30. The average Bonchev–Trinajstić information content (AvgIpc) is 3.26. The van der Waals surface area contributed by atoms with Gasteiger partial charge < -0.3 is 9.30 Å². The third-order valence-electron chi connectivity index (χ3n) is 5.30. The van der Waals surface area contributed by atoms with E-state index >= 15 is 0 Å². The summed E-state index contributed by atoms with van der Waals surface area (Å²) in [6.07, 6.45) is 5.61. The second-order valence-corrected chi connectivity index (χ2v) is 7.31. The first-order valence-electron chi connectivity index (χ1n) is 10.1. The molecule has 0 saturated heterocycles. The van der Waals surface area contributed by atoms with E-state index in [1.165, 1.54) is 22.8 Å². The lowest BCUT2D eigenvalue weighted by Crippen LogP contribution is -2.15. The Balaban J connectivity index is 1.61. The van der Waals surface area contributed by atoms with Crippen molar-refractivity contribution in [2.24, 2.45) is 7.05 Å². The second kappa shape index (κ2) is 8.41. The fourth-order valence-electron chi connectivity index (χ4n) is 3.53. The van der Waals surface area contributed by atoms with Crippen LogP contribution >= 0.6 is 0 Å². The summed E-state index contributed by atoms with van der Waals surface area (Å²) in [7, 11) is 1.74. The molecule has 30 heavy (non-hydrogen) atoms. The van der Waals surface area contributed by atoms with E-state index < -0.39 is 0 Å². The molecule has 0 fully saturated rings. The van der Waals surface area contributed by atoms with Gasteiger partial charge in [-0.15, -0.1) is 0 Å². The molecule has 0 saturated carbocycles. The Morgan fingerprint density at radius 1 is 0.967 bits per heavy atom. The van der Waals surface area contributed by atoms with Crippen molar-refractivity contribution in [2.75, 3.05) is 6.61 Å². The zero-order valence-corrected chi connectivity index (χ0v) is 17.4. The summed E-state index contributed by atoms with van der Waals surface area (Å²) in [4.78, 5) is 12.0. The van der Waals surface area contributed by atoms with E-state index in [1.54, 1.807) is 17.8 Å². The van der Waals surface area contributed by atoms with Crippen LogP contribution in [0.3, 0.4) is 0 Å². The van der Waals surface area contributed by atoms with E-state index in [9.17, 15) is 4.79 Å². The van der Waals surface area contributed by atoms with E-state index in [0.29, 0.717) is 12.4 Å². The van der Waals surface area contributed by atoms with Crippen LogP contribution in [0.4, 0.5) is 0 Å². The molecule has 0 radical (unpaired) electrons. The maximum absolute atomic E-state index is 12.0. The van der Waals surface area contributed by atoms with Gasteiger partial charge in [-0.05, 0) is 30.5 Å². The lowest BCUT2D eigenvalue weighted by Gasteiger charge is -2.14. The molecule has 1 atom stereocenters. The van der Waals surface area contributed by atoms with Gasteiger partial charge in [0.25, 0.3) is 5.56 Å². The predicted octanol–water partition coefficient (Wildman–Crippen LogP) is 4.92. The van der Waals surface area contributed by atoms with Gasteiger partial charge in [0.05, 0.1) is 18.8 Å². The molecule has 0 N–H and O–H groups in total. The van der Waals surface area contributed by atoms with Gasteiger partial charge in [-0.3, -0.25) is 9.48 Å². The van der Waals surface area contributed by atoms with Gasteiger partial charge in [-0.2, -0.15) is 5.10 Å². The van der Waals surface area contributed by atoms with Crippen molar-refractivity contribution in [1.29, 1.82) is 0 Å². The summed E-state index contributed by atoms with van der Waals surface area (Å²) < 4.78 is 9.18. The minimum Gasteiger partial charge on any atom is -0.493 e. The van der Waals surface area contributed by atoms with E-state index in [4.69, 9.17) is 4.74 Å². The smallest absolute Gasteiger partial charge is 0.254 e. The van der Waals surface area contributed by atoms with E-state index in [-0.39, 0.29) is 11.6 Å². The molecule has 0 aliphatic heterocycles. The summed E-state index contributed by atoms with van der Waals surface area (Å²) in [6.45, 7) is 4.53. The van der Waals surface area contributed by atoms with Gasteiger partial charge in [0.2, 0.25) is 0 Å². The number of pyridine rings is 1. The number of ether oxygens (including phenoxy) is 1. The Kier molecular flexibility index (Phi) is 5.53. The highest BCUT2D eigenvalue weighted by Gasteiger charge is 2.14. The van der Waals surface area contributed by atoms with E-state index in [1.807, 2.05) is 42.2 Å². The Bertz CT molecular complexity index is 1190. The van der Waals surface area contributed by atoms with Gasteiger partial charge >= 0.3 is 0 Å². The molecule has 2 aromatic heterocycles. The van der Waals surface area contributed by atoms with Gasteiger partial charge in [-0.25, -0.2) is 0 Å². The fraction of sp³-hybridized carbons (Fsp3) is 0.200. The minimum absolute atomic E-state index is 0.0756. The quantitative estimate of drug-likeness (QED) is 0.462. The number of benzene rings is 2. The third kappa shape index (κ3) is 3.92. The molecule has 0 aliphatic carbocycles. The SMILES string of the molecule is CCOc1cc(=O)n(C)cc1-c1cnn(C(C)c2ccc(-c3ccccc3)cc2)c1. The monoisotopic (exact) mass is 399 g/mol. The molecule has 2 aromatic carbocycles.